The lowest BCUT2D eigenvalue weighted by molar-refractivity contribution is 0.0694. The zero-order valence-corrected chi connectivity index (χ0v) is 28.6. The van der Waals surface area contributed by atoms with Gasteiger partial charge < -0.3 is 9.29 Å². The van der Waals surface area contributed by atoms with Gasteiger partial charge in [-0.25, -0.2) is 4.79 Å². The summed E-state index contributed by atoms with van der Waals surface area (Å²) in [4.78, 5) is 15.7. The topological polar surface area (TPSA) is 46.5 Å². The quantitative estimate of drug-likeness (QED) is 0.0599. The molecule has 0 radical (unpaired) electrons. The van der Waals surface area contributed by atoms with Crippen molar-refractivity contribution in [3.05, 3.63) is 11.6 Å². The Balaban J connectivity index is 2.97. The van der Waals surface area contributed by atoms with Gasteiger partial charge in [-0.15, -0.1) is 35.3 Å². The summed E-state index contributed by atoms with van der Waals surface area (Å²) in [5.74, 6) is 2.66. The molecule has 0 atom stereocenters. The highest BCUT2D eigenvalue weighted by Crippen LogP contribution is 2.47. The molecule has 39 heavy (non-hydrogen) atoms. The second kappa shape index (κ2) is 25.6. The fourth-order valence-corrected chi connectivity index (χ4v) is 8.59. The smallest absolute Gasteiger partial charge is 0.339 e. The van der Waals surface area contributed by atoms with Crippen molar-refractivity contribution in [2.45, 2.75) is 151 Å². The Bertz CT molecular complexity index is 757. The fraction of sp³-hybridized carbons (Fsp3) is 0.781. The second-order valence-corrected chi connectivity index (χ2v) is 14.2. The Labute approximate surface area is 258 Å². The standard InChI is InChI=1S/C32H56O3S4/c1-5-8-11-14-17-20-23-37-30-28(36-4)26-27(32(33)34)29(35-39-25-22-19-16-13-10-7-3)31(30)38-24-21-18-15-12-9-6-2/h26H,5-25H2,1-4H3,(H,33,34). The summed E-state index contributed by atoms with van der Waals surface area (Å²) in [5.41, 5.74) is 0.309. The molecule has 0 heterocycles. The molecule has 1 aromatic rings. The van der Waals surface area contributed by atoms with Crippen molar-refractivity contribution in [1.82, 2.24) is 0 Å². The molecule has 0 saturated heterocycles. The van der Waals surface area contributed by atoms with Crippen LogP contribution in [0.1, 0.15) is 147 Å². The van der Waals surface area contributed by atoms with Crippen molar-refractivity contribution in [2.24, 2.45) is 0 Å². The number of benzene rings is 1. The van der Waals surface area contributed by atoms with Gasteiger partial charge in [-0.1, -0.05) is 117 Å². The van der Waals surface area contributed by atoms with E-state index in [1.54, 1.807) is 11.8 Å². The van der Waals surface area contributed by atoms with E-state index in [1.165, 1.54) is 120 Å². The van der Waals surface area contributed by atoms with E-state index < -0.39 is 5.97 Å². The van der Waals surface area contributed by atoms with Gasteiger partial charge in [0.25, 0.3) is 0 Å². The summed E-state index contributed by atoms with van der Waals surface area (Å²) < 4.78 is 6.27. The molecule has 0 aromatic heterocycles. The first-order valence-corrected chi connectivity index (χ1v) is 19.7. The van der Waals surface area contributed by atoms with Crippen molar-refractivity contribution in [3.63, 3.8) is 0 Å². The maximum Gasteiger partial charge on any atom is 0.339 e. The lowest BCUT2D eigenvalue weighted by Gasteiger charge is -2.19. The van der Waals surface area contributed by atoms with Crippen LogP contribution >= 0.6 is 47.3 Å². The van der Waals surface area contributed by atoms with Gasteiger partial charge in [0.1, 0.15) is 5.56 Å². The van der Waals surface area contributed by atoms with Crippen LogP contribution in [-0.4, -0.2) is 34.6 Å². The number of hydrogen-bond acceptors (Lipinski definition) is 6. The maximum absolute atomic E-state index is 12.3. The number of carbonyl (C=O) groups is 1. The average Bonchev–Trinajstić information content (AvgIpc) is 2.93. The number of carboxylic acids is 1. The Morgan fingerprint density at radius 2 is 1.10 bits per heavy atom. The molecule has 1 aromatic carbocycles. The molecule has 0 aliphatic rings. The van der Waals surface area contributed by atoms with Crippen LogP contribution < -0.4 is 4.18 Å². The second-order valence-electron chi connectivity index (χ2n) is 10.3. The van der Waals surface area contributed by atoms with Gasteiger partial charge in [-0.05, 0) is 43.1 Å². The zero-order valence-electron chi connectivity index (χ0n) is 25.3. The van der Waals surface area contributed by atoms with Crippen LogP contribution in [0.25, 0.3) is 0 Å². The first-order chi connectivity index (χ1) is 19.1. The van der Waals surface area contributed by atoms with Crippen LogP contribution in [0.2, 0.25) is 0 Å². The number of rotatable bonds is 27. The number of aromatic carboxylic acids is 1. The van der Waals surface area contributed by atoms with E-state index in [-0.39, 0.29) is 0 Å². The summed E-state index contributed by atoms with van der Waals surface area (Å²) in [5, 5.41) is 10.1. The third-order valence-corrected chi connectivity index (χ3v) is 11.0. The normalized spacial score (nSPS) is 11.3. The zero-order chi connectivity index (χ0) is 28.6. The van der Waals surface area contributed by atoms with E-state index in [4.69, 9.17) is 4.18 Å². The van der Waals surface area contributed by atoms with Gasteiger partial charge in [-0.3, -0.25) is 0 Å². The van der Waals surface area contributed by atoms with Crippen LogP contribution in [-0.2, 0) is 0 Å². The molecule has 1 rings (SSSR count). The van der Waals surface area contributed by atoms with Crippen LogP contribution in [0.4, 0.5) is 0 Å². The molecular formula is C32H56O3S4. The van der Waals surface area contributed by atoms with Gasteiger partial charge in [-0.2, -0.15) is 0 Å². The predicted octanol–water partition coefficient (Wildman–Crippen LogP) is 12.4. The largest absolute Gasteiger partial charge is 0.478 e. The minimum Gasteiger partial charge on any atom is -0.478 e. The van der Waals surface area contributed by atoms with Crippen LogP contribution in [0.5, 0.6) is 5.75 Å². The molecule has 3 nitrogen and oxygen atoms in total. The van der Waals surface area contributed by atoms with Crippen molar-refractivity contribution in [3.8, 4) is 5.75 Å². The number of carboxylic acid groups (broad SMARTS) is 1. The van der Waals surface area contributed by atoms with Crippen molar-refractivity contribution < 1.29 is 14.1 Å². The summed E-state index contributed by atoms with van der Waals surface area (Å²) >= 11 is 6.81. The molecule has 0 unspecified atom stereocenters. The molecule has 0 spiro atoms. The minimum atomic E-state index is -0.894. The van der Waals surface area contributed by atoms with Crippen LogP contribution in [0.3, 0.4) is 0 Å². The van der Waals surface area contributed by atoms with Crippen LogP contribution in [0.15, 0.2) is 20.8 Å². The predicted molar refractivity (Wildman–Crippen MR) is 180 cm³/mol. The average molecular weight is 617 g/mol. The minimum absolute atomic E-state index is 0.309. The fourth-order valence-electron chi connectivity index (χ4n) is 4.42. The summed E-state index contributed by atoms with van der Waals surface area (Å²) in [6.45, 7) is 6.76. The molecular weight excluding hydrogens is 561 g/mol. The van der Waals surface area contributed by atoms with Gasteiger partial charge in [0.05, 0.1) is 16.9 Å². The summed E-state index contributed by atoms with van der Waals surface area (Å²) in [6.07, 6.45) is 24.9. The Kier molecular flexibility index (Phi) is 24.2. The number of hydrogen-bond donors (Lipinski definition) is 1. The van der Waals surface area contributed by atoms with E-state index in [0.29, 0.717) is 11.3 Å². The summed E-state index contributed by atoms with van der Waals surface area (Å²) in [7, 11) is 0. The van der Waals surface area contributed by atoms with E-state index >= 15 is 0 Å². The molecule has 0 amide bonds. The van der Waals surface area contributed by atoms with Crippen molar-refractivity contribution in [1.29, 1.82) is 0 Å². The van der Waals surface area contributed by atoms with Crippen molar-refractivity contribution in [2.75, 3.05) is 23.5 Å². The molecule has 0 fully saturated rings. The molecule has 0 aliphatic carbocycles. The Morgan fingerprint density at radius 3 is 1.56 bits per heavy atom. The highest BCUT2D eigenvalue weighted by molar-refractivity contribution is 8.03. The highest BCUT2D eigenvalue weighted by Gasteiger charge is 2.24. The van der Waals surface area contributed by atoms with Gasteiger partial charge in [0, 0.05) is 15.5 Å². The first kappa shape index (κ1) is 36.9. The van der Waals surface area contributed by atoms with E-state index in [2.05, 4.69) is 27.0 Å². The Hall–Kier alpha value is -0.110. The SMILES string of the molecule is CCCCCCCCSOc1c(C(=O)O)cc(SC)c(SCCCCCCCC)c1SCCCCCCCC. The lowest BCUT2D eigenvalue weighted by Crippen LogP contribution is -2.04. The molecule has 7 heteroatoms. The van der Waals surface area contributed by atoms with E-state index in [9.17, 15) is 9.90 Å². The maximum atomic E-state index is 12.3. The van der Waals surface area contributed by atoms with Gasteiger partial charge in [0.2, 0.25) is 0 Å². The summed E-state index contributed by atoms with van der Waals surface area (Å²) in [6, 6.07) is 1.85. The Morgan fingerprint density at radius 1 is 0.667 bits per heavy atom. The van der Waals surface area contributed by atoms with E-state index in [0.717, 1.165) is 39.9 Å². The molecule has 1 N–H and O–H groups in total. The third-order valence-electron chi connectivity index (χ3n) is 6.82. The van der Waals surface area contributed by atoms with Crippen molar-refractivity contribution >= 4 is 53.3 Å². The lowest BCUT2D eigenvalue weighted by atomic mass is 10.1. The first-order valence-electron chi connectivity index (χ1n) is 15.6. The number of unbranched alkanes of at least 4 members (excludes halogenated alkanes) is 15. The van der Waals surface area contributed by atoms with Crippen LogP contribution in [0, 0.1) is 0 Å². The molecule has 0 aliphatic heterocycles. The number of thioether (sulfide) groups is 3. The molecule has 226 valence electrons. The third kappa shape index (κ3) is 16.8. The monoisotopic (exact) mass is 616 g/mol. The highest BCUT2D eigenvalue weighted by atomic mass is 32.2. The van der Waals surface area contributed by atoms with Gasteiger partial charge in [0.15, 0.2) is 5.75 Å². The molecule has 0 bridgehead atoms. The molecule has 0 saturated carbocycles. The van der Waals surface area contributed by atoms with E-state index in [1.807, 2.05) is 29.6 Å². The van der Waals surface area contributed by atoms with Gasteiger partial charge >= 0.3 is 5.97 Å².